The molecule has 0 saturated heterocycles. The minimum absolute atomic E-state index is 0.0163. The van der Waals surface area contributed by atoms with Gasteiger partial charge in [-0.3, -0.25) is 19.2 Å². The van der Waals surface area contributed by atoms with Crippen molar-refractivity contribution in [3.05, 3.63) is 11.6 Å². The third-order valence-electron chi connectivity index (χ3n) is 13.9. The van der Waals surface area contributed by atoms with Gasteiger partial charge in [0.1, 0.15) is 12.6 Å². The Morgan fingerprint density at radius 2 is 1.50 bits per heavy atom. The number of ether oxygens (including phenoxy) is 3. The van der Waals surface area contributed by atoms with Gasteiger partial charge in [-0.25, -0.2) is 0 Å². The molecule has 4 aliphatic carbocycles. The summed E-state index contributed by atoms with van der Waals surface area (Å²) in [6, 6.07) is 0. The molecule has 1 amide bonds. The molecular weight excluding hydrogens is 654 g/mol. The summed E-state index contributed by atoms with van der Waals surface area (Å²) in [6.45, 7) is 16.4. The van der Waals surface area contributed by atoms with Crippen LogP contribution < -0.4 is 0 Å². The van der Waals surface area contributed by atoms with Crippen molar-refractivity contribution in [2.24, 2.45) is 46.3 Å². The van der Waals surface area contributed by atoms with E-state index in [1.165, 1.54) is 56.3 Å². The van der Waals surface area contributed by atoms with E-state index in [0.717, 1.165) is 74.0 Å². The largest absolute Gasteiger partial charge is 0.466 e. The van der Waals surface area contributed by atoms with Gasteiger partial charge >= 0.3 is 17.9 Å². The molecule has 52 heavy (non-hydrogen) atoms. The van der Waals surface area contributed by atoms with Gasteiger partial charge in [0.2, 0.25) is 5.91 Å². The van der Waals surface area contributed by atoms with Crippen molar-refractivity contribution in [2.75, 3.05) is 26.3 Å². The molecule has 0 aromatic carbocycles. The molecule has 3 fully saturated rings. The molecule has 4 unspecified atom stereocenters. The Balaban J connectivity index is 1.18. The first-order chi connectivity index (χ1) is 24.8. The van der Waals surface area contributed by atoms with Gasteiger partial charge in [0, 0.05) is 25.8 Å². The van der Waals surface area contributed by atoms with Crippen molar-refractivity contribution in [3.63, 3.8) is 0 Å². The lowest BCUT2D eigenvalue weighted by molar-refractivity contribution is -0.151. The van der Waals surface area contributed by atoms with Crippen LogP contribution in [0.3, 0.4) is 0 Å². The summed E-state index contributed by atoms with van der Waals surface area (Å²) in [7, 11) is 0. The zero-order valence-corrected chi connectivity index (χ0v) is 34.0. The van der Waals surface area contributed by atoms with Crippen molar-refractivity contribution in [1.29, 1.82) is 0 Å². The second-order valence-corrected chi connectivity index (χ2v) is 17.7. The van der Waals surface area contributed by atoms with E-state index in [-0.39, 0.29) is 62.5 Å². The summed E-state index contributed by atoms with van der Waals surface area (Å²) in [5.41, 5.74) is 2.30. The maximum Gasteiger partial charge on any atom is 0.325 e. The highest BCUT2D eigenvalue weighted by atomic mass is 16.5. The molecule has 0 spiro atoms. The van der Waals surface area contributed by atoms with Gasteiger partial charge in [0.05, 0.1) is 19.6 Å². The van der Waals surface area contributed by atoms with Crippen LogP contribution >= 0.6 is 0 Å². The van der Waals surface area contributed by atoms with Gasteiger partial charge in [0.25, 0.3) is 0 Å². The fraction of sp³-hybridized carbons (Fsp3) is 0.864. The smallest absolute Gasteiger partial charge is 0.325 e. The minimum Gasteiger partial charge on any atom is -0.466 e. The van der Waals surface area contributed by atoms with E-state index < -0.39 is 11.9 Å². The Labute approximate surface area is 315 Å². The number of fused-ring (bicyclic) bond motifs is 5. The Morgan fingerprint density at radius 1 is 0.788 bits per heavy atom. The summed E-state index contributed by atoms with van der Waals surface area (Å²) in [4.78, 5) is 51.0. The van der Waals surface area contributed by atoms with Crippen molar-refractivity contribution in [1.82, 2.24) is 4.90 Å². The maximum atomic E-state index is 12.9. The highest BCUT2D eigenvalue weighted by Gasteiger charge is 2.59. The van der Waals surface area contributed by atoms with E-state index in [1.54, 1.807) is 19.4 Å². The van der Waals surface area contributed by atoms with Gasteiger partial charge in [-0.1, -0.05) is 78.4 Å². The average Bonchev–Trinajstić information content (AvgIpc) is 3.45. The van der Waals surface area contributed by atoms with E-state index in [9.17, 15) is 19.2 Å². The first kappa shape index (κ1) is 42.4. The number of esters is 3. The number of hydrogen-bond donors (Lipinski definition) is 0. The lowest BCUT2D eigenvalue weighted by Crippen LogP contribution is -2.51. The van der Waals surface area contributed by atoms with E-state index in [2.05, 4.69) is 40.7 Å². The number of rotatable bonds is 20. The Kier molecular flexibility index (Phi) is 16.1. The van der Waals surface area contributed by atoms with Gasteiger partial charge in [-0.15, -0.1) is 0 Å². The molecule has 0 N–H and O–H groups in total. The van der Waals surface area contributed by atoms with Gasteiger partial charge in [-0.05, 0) is 118 Å². The summed E-state index contributed by atoms with van der Waals surface area (Å²) in [5.74, 6) is 3.78. The highest BCUT2D eigenvalue weighted by molar-refractivity contribution is 5.82. The van der Waals surface area contributed by atoms with E-state index >= 15 is 0 Å². The van der Waals surface area contributed by atoms with Crippen LogP contribution in [0.25, 0.3) is 0 Å². The molecule has 8 atom stereocenters. The highest BCUT2D eigenvalue weighted by Crippen LogP contribution is 2.67. The molecule has 0 aromatic rings. The molecular formula is C44H73NO7. The molecule has 8 nitrogen and oxygen atoms in total. The Hall–Kier alpha value is -2.38. The van der Waals surface area contributed by atoms with E-state index in [0.29, 0.717) is 18.3 Å². The molecule has 296 valence electrons. The summed E-state index contributed by atoms with van der Waals surface area (Å²) in [6.07, 6.45) is 20.2. The van der Waals surface area contributed by atoms with Crippen LogP contribution in [0.5, 0.6) is 0 Å². The number of allylic oxidation sites excluding steroid dienone is 1. The van der Waals surface area contributed by atoms with Crippen molar-refractivity contribution >= 4 is 23.8 Å². The molecule has 0 aliphatic heterocycles. The van der Waals surface area contributed by atoms with E-state index in [1.807, 2.05) is 0 Å². The topological polar surface area (TPSA) is 99.2 Å². The summed E-state index contributed by atoms with van der Waals surface area (Å²) < 4.78 is 16.0. The minimum atomic E-state index is -0.485. The van der Waals surface area contributed by atoms with Crippen LogP contribution in [-0.2, 0) is 33.4 Å². The number of unbranched alkanes of at least 4 members (excludes halogenated alkanes) is 3. The van der Waals surface area contributed by atoms with Crippen LogP contribution in [-0.4, -0.2) is 61.1 Å². The normalized spacial score (nSPS) is 30.0. The molecule has 0 radical (unpaired) electrons. The second-order valence-electron chi connectivity index (χ2n) is 17.7. The Morgan fingerprint density at radius 3 is 2.21 bits per heavy atom. The molecule has 3 saturated carbocycles. The summed E-state index contributed by atoms with van der Waals surface area (Å²) >= 11 is 0. The number of carbonyl (C=O) groups is 4. The van der Waals surface area contributed by atoms with Crippen molar-refractivity contribution in [2.45, 2.75) is 170 Å². The average molecular weight is 728 g/mol. The molecule has 4 rings (SSSR count). The standard InChI is InChI=1S/C44H73NO7/c1-8-50-40(47)25-28-45(30-42(49)51-9-2)39(46)17-12-10-11-13-18-41(48)52-34-23-26-43(6)33(29-34)19-20-35-37-22-21-36(32(5)16-14-15-31(3)4)44(37,7)27-24-38(35)43/h19,31-32,34-38H,8-18,20-30H2,1-7H3/t32?,34-,35?,36+,37?,38?,43-,44+/m0/s1. The maximum absolute atomic E-state index is 12.9. The number of nitrogens with zero attached hydrogens (tertiary/aromatic N) is 1. The first-order valence-corrected chi connectivity index (χ1v) is 21.3. The van der Waals surface area contributed by atoms with Crippen LogP contribution in [0.1, 0.15) is 164 Å². The molecule has 0 bridgehead atoms. The van der Waals surface area contributed by atoms with Crippen molar-refractivity contribution in [3.8, 4) is 0 Å². The van der Waals surface area contributed by atoms with E-state index in [4.69, 9.17) is 14.2 Å². The second kappa shape index (κ2) is 19.8. The SMILES string of the molecule is CCOC(=O)CCN(CC(=O)OCC)C(=O)CCCCCCC(=O)O[C@H]1CC[C@@]2(C)C(=CCC3C2CC[C@@]2(C)C3CC[C@@H]2C(C)CCCC(C)C)C1. The number of carbonyl (C=O) groups excluding carboxylic acids is 4. The van der Waals surface area contributed by atoms with Crippen LogP contribution in [0.15, 0.2) is 11.6 Å². The van der Waals surface area contributed by atoms with Gasteiger partial charge in [-0.2, -0.15) is 0 Å². The van der Waals surface area contributed by atoms with Gasteiger partial charge < -0.3 is 19.1 Å². The van der Waals surface area contributed by atoms with Crippen LogP contribution in [0, 0.1) is 46.3 Å². The zero-order valence-electron chi connectivity index (χ0n) is 34.0. The van der Waals surface area contributed by atoms with Gasteiger partial charge in [0.15, 0.2) is 0 Å². The summed E-state index contributed by atoms with van der Waals surface area (Å²) in [5, 5.41) is 0. The van der Waals surface area contributed by atoms with Crippen LogP contribution in [0.4, 0.5) is 0 Å². The third kappa shape index (κ3) is 10.9. The third-order valence-corrected chi connectivity index (χ3v) is 13.9. The number of hydrogen-bond acceptors (Lipinski definition) is 7. The molecule has 4 aliphatic rings. The monoisotopic (exact) mass is 728 g/mol. The van der Waals surface area contributed by atoms with Crippen molar-refractivity contribution < 1.29 is 33.4 Å². The predicted octanol–water partition coefficient (Wildman–Crippen LogP) is 9.63. The predicted molar refractivity (Wildman–Crippen MR) is 205 cm³/mol. The quantitative estimate of drug-likeness (QED) is 0.0533. The Bertz CT molecular complexity index is 1230. The molecule has 8 heteroatoms. The fourth-order valence-corrected chi connectivity index (χ4v) is 11.2. The zero-order chi connectivity index (χ0) is 37.9. The lowest BCUT2D eigenvalue weighted by Gasteiger charge is -2.58. The molecule has 0 aromatic heterocycles. The first-order valence-electron chi connectivity index (χ1n) is 21.3. The van der Waals surface area contributed by atoms with Crippen LogP contribution in [0.2, 0.25) is 0 Å². The molecule has 0 heterocycles. The fourth-order valence-electron chi connectivity index (χ4n) is 11.2. The number of amides is 1. The lowest BCUT2D eigenvalue weighted by atomic mass is 9.47.